The maximum atomic E-state index is 12.6. The zero-order valence-corrected chi connectivity index (χ0v) is 19.1. The first-order valence-corrected chi connectivity index (χ1v) is 11.0. The molecule has 1 unspecified atom stereocenters. The topological polar surface area (TPSA) is 92.5 Å². The molecule has 7 heteroatoms. The molecule has 0 aliphatic rings. The number of aromatic nitrogens is 1. The van der Waals surface area contributed by atoms with Crippen LogP contribution in [0.5, 0.6) is 11.5 Å². The molecule has 1 atom stereocenters. The molecule has 0 spiro atoms. The maximum absolute atomic E-state index is 12.6. The molecule has 0 aliphatic carbocycles. The molecular weight excluding hydrogens is 430 g/mol. The fourth-order valence-corrected chi connectivity index (χ4v) is 4.09. The molecule has 0 radical (unpaired) electrons. The molecule has 0 fully saturated rings. The summed E-state index contributed by atoms with van der Waals surface area (Å²) in [7, 11) is 3.20. The molecule has 1 heterocycles. The zero-order chi connectivity index (χ0) is 23.9. The van der Waals surface area contributed by atoms with Gasteiger partial charge in [-0.2, -0.15) is 0 Å². The van der Waals surface area contributed by atoms with Gasteiger partial charge in [0.25, 0.3) is 5.91 Å². The Kier molecular flexibility index (Phi) is 7.13. The van der Waals surface area contributed by atoms with Crippen LogP contribution in [0.2, 0.25) is 0 Å². The molecule has 0 saturated heterocycles. The lowest BCUT2D eigenvalue weighted by Crippen LogP contribution is -2.38. The van der Waals surface area contributed by atoms with Crippen LogP contribution in [0, 0.1) is 0 Å². The number of H-pyrrole nitrogens is 1. The Morgan fingerprint density at radius 2 is 1.62 bits per heavy atom. The van der Waals surface area contributed by atoms with E-state index in [0.717, 1.165) is 22.0 Å². The largest absolute Gasteiger partial charge is 0.493 e. The lowest BCUT2D eigenvalue weighted by molar-refractivity contribution is -0.120. The minimum absolute atomic E-state index is 0.121. The predicted molar refractivity (Wildman–Crippen MR) is 131 cm³/mol. The van der Waals surface area contributed by atoms with E-state index in [0.29, 0.717) is 23.6 Å². The van der Waals surface area contributed by atoms with Crippen LogP contribution in [0.25, 0.3) is 10.9 Å². The van der Waals surface area contributed by atoms with E-state index < -0.39 is 0 Å². The fraction of sp³-hybridized carbons (Fsp3) is 0.185. The first-order valence-electron chi connectivity index (χ1n) is 11.0. The first-order chi connectivity index (χ1) is 16.6. The molecule has 2 amide bonds. The second-order valence-corrected chi connectivity index (χ2v) is 7.78. The average molecular weight is 458 g/mol. The van der Waals surface area contributed by atoms with Gasteiger partial charge in [-0.25, -0.2) is 0 Å². The monoisotopic (exact) mass is 457 g/mol. The summed E-state index contributed by atoms with van der Waals surface area (Å²) < 4.78 is 11.2. The van der Waals surface area contributed by atoms with Crippen molar-refractivity contribution in [2.24, 2.45) is 0 Å². The van der Waals surface area contributed by atoms with Gasteiger partial charge in [-0.05, 0) is 29.8 Å². The summed E-state index contributed by atoms with van der Waals surface area (Å²) in [4.78, 5) is 28.2. The van der Waals surface area contributed by atoms with Gasteiger partial charge >= 0.3 is 0 Å². The Labute approximate surface area is 198 Å². The van der Waals surface area contributed by atoms with Gasteiger partial charge in [-0.1, -0.05) is 48.5 Å². The van der Waals surface area contributed by atoms with Crippen molar-refractivity contribution in [2.75, 3.05) is 27.3 Å². The van der Waals surface area contributed by atoms with Crippen molar-refractivity contribution < 1.29 is 19.1 Å². The minimum Gasteiger partial charge on any atom is -0.493 e. The van der Waals surface area contributed by atoms with Gasteiger partial charge in [-0.15, -0.1) is 0 Å². The number of rotatable bonds is 9. The number of benzene rings is 3. The number of aromatic amines is 1. The highest BCUT2D eigenvalue weighted by Crippen LogP contribution is 2.40. The van der Waals surface area contributed by atoms with Crippen LogP contribution in [-0.4, -0.2) is 44.1 Å². The van der Waals surface area contributed by atoms with Gasteiger partial charge in [-0.3, -0.25) is 9.59 Å². The number of carbonyl (C=O) groups is 2. The Balaban J connectivity index is 1.56. The number of fused-ring (bicyclic) bond motifs is 1. The predicted octanol–water partition coefficient (Wildman–Crippen LogP) is 3.86. The molecule has 0 bridgehead atoms. The van der Waals surface area contributed by atoms with Crippen molar-refractivity contribution in [1.82, 2.24) is 15.6 Å². The summed E-state index contributed by atoms with van der Waals surface area (Å²) in [6.07, 6.45) is 1.96. The molecule has 4 aromatic rings. The lowest BCUT2D eigenvalue weighted by atomic mass is 9.90. The third-order valence-electron chi connectivity index (χ3n) is 5.75. The van der Waals surface area contributed by atoms with E-state index in [-0.39, 0.29) is 24.3 Å². The molecule has 4 rings (SSSR count). The van der Waals surface area contributed by atoms with Crippen LogP contribution in [0.1, 0.15) is 27.4 Å². The number of para-hydroxylation sites is 2. The molecular formula is C27H27N3O4. The highest BCUT2D eigenvalue weighted by atomic mass is 16.5. The lowest BCUT2D eigenvalue weighted by Gasteiger charge is -2.22. The van der Waals surface area contributed by atoms with E-state index in [1.165, 1.54) is 0 Å². The van der Waals surface area contributed by atoms with Crippen molar-refractivity contribution in [3.05, 3.63) is 95.7 Å². The Morgan fingerprint density at radius 3 is 2.38 bits per heavy atom. The molecule has 34 heavy (non-hydrogen) atoms. The SMILES string of the molecule is COc1cccc(C(CNC(=O)CNC(=O)c2ccccc2)c2c[nH]c3ccccc23)c1OC. The van der Waals surface area contributed by atoms with Crippen molar-refractivity contribution in [3.63, 3.8) is 0 Å². The van der Waals surface area contributed by atoms with Crippen LogP contribution in [0.15, 0.2) is 79.0 Å². The molecule has 1 aromatic heterocycles. The summed E-state index contributed by atoms with van der Waals surface area (Å²) in [5, 5.41) is 6.69. The molecule has 0 saturated carbocycles. The van der Waals surface area contributed by atoms with Crippen molar-refractivity contribution in [3.8, 4) is 11.5 Å². The smallest absolute Gasteiger partial charge is 0.251 e. The first kappa shape index (κ1) is 22.9. The van der Waals surface area contributed by atoms with Gasteiger partial charge < -0.3 is 25.1 Å². The number of nitrogens with one attached hydrogen (secondary N) is 3. The average Bonchev–Trinajstić information content (AvgIpc) is 3.31. The van der Waals surface area contributed by atoms with Gasteiger partial charge in [0.15, 0.2) is 11.5 Å². The Bertz CT molecular complexity index is 1280. The molecule has 174 valence electrons. The summed E-state index contributed by atoms with van der Waals surface area (Å²) in [6.45, 7) is 0.189. The number of carbonyl (C=O) groups excluding carboxylic acids is 2. The van der Waals surface area contributed by atoms with E-state index in [1.54, 1.807) is 38.5 Å². The third-order valence-corrected chi connectivity index (χ3v) is 5.75. The van der Waals surface area contributed by atoms with E-state index in [4.69, 9.17) is 9.47 Å². The number of hydrogen-bond acceptors (Lipinski definition) is 4. The van der Waals surface area contributed by atoms with Crippen LogP contribution >= 0.6 is 0 Å². The fourth-order valence-electron chi connectivity index (χ4n) is 4.09. The second-order valence-electron chi connectivity index (χ2n) is 7.78. The molecule has 7 nitrogen and oxygen atoms in total. The third kappa shape index (κ3) is 4.88. The van der Waals surface area contributed by atoms with Gasteiger partial charge in [0.05, 0.1) is 20.8 Å². The summed E-state index contributed by atoms with van der Waals surface area (Å²) in [6, 6.07) is 22.5. The number of hydrogen-bond donors (Lipinski definition) is 3. The molecule has 3 N–H and O–H groups in total. The Hall–Kier alpha value is -4.26. The minimum atomic E-state index is -0.293. The van der Waals surface area contributed by atoms with E-state index in [9.17, 15) is 9.59 Å². The normalized spacial score (nSPS) is 11.6. The van der Waals surface area contributed by atoms with Crippen molar-refractivity contribution in [1.29, 1.82) is 0 Å². The summed E-state index contributed by atoms with van der Waals surface area (Å²) >= 11 is 0. The van der Waals surface area contributed by atoms with E-state index >= 15 is 0 Å². The van der Waals surface area contributed by atoms with Gasteiger partial charge in [0, 0.05) is 40.7 Å². The zero-order valence-electron chi connectivity index (χ0n) is 19.1. The van der Waals surface area contributed by atoms with Crippen LogP contribution in [0.3, 0.4) is 0 Å². The van der Waals surface area contributed by atoms with Crippen molar-refractivity contribution >= 4 is 22.7 Å². The number of ether oxygens (including phenoxy) is 2. The van der Waals surface area contributed by atoms with Crippen LogP contribution in [-0.2, 0) is 4.79 Å². The quantitative estimate of drug-likeness (QED) is 0.356. The van der Waals surface area contributed by atoms with Crippen molar-refractivity contribution in [2.45, 2.75) is 5.92 Å². The highest BCUT2D eigenvalue weighted by molar-refractivity contribution is 5.96. The van der Waals surface area contributed by atoms with E-state index in [1.807, 2.05) is 54.7 Å². The summed E-state index contributed by atoms with van der Waals surface area (Å²) in [5.74, 6) is 0.447. The molecule has 0 aliphatic heterocycles. The number of methoxy groups -OCH3 is 2. The van der Waals surface area contributed by atoms with E-state index in [2.05, 4.69) is 15.6 Å². The second kappa shape index (κ2) is 10.6. The standard InChI is InChI=1S/C27H27N3O4/c1-33-24-14-8-12-20(26(24)34-2)22(21-15-28-23-13-7-6-11-19(21)23)16-29-25(31)17-30-27(32)18-9-4-3-5-10-18/h3-15,22,28H,16-17H2,1-2H3,(H,29,31)(H,30,32). The van der Waals surface area contributed by atoms with Gasteiger partial charge in [0.2, 0.25) is 5.91 Å². The van der Waals surface area contributed by atoms with Crippen LogP contribution < -0.4 is 20.1 Å². The highest BCUT2D eigenvalue weighted by Gasteiger charge is 2.24. The summed E-state index contributed by atoms with van der Waals surface area (Å²) in [5.41, 5.74) is 3.43. The molecule has 3 aromatic carbocycles. The Morgan fingerprint density at radius 1 is 0.853 bits per heavy atom. The maximum Gasteiger partial charge on any atom is 0.251 e. The number of amides is 2. The van der Waals surface area contributed by atoms with Gasteiger partial charge in [0.1, 0.15) is 0 Å². The van der Waals surface area contributed by atoms with Crippen LogP contribution in [0.4, 0.5) is 0 Å².